The number of aromatic nitrogens is 1. The van der Waals surface area contributed by atoms with Crippen molar-refractivity contribution in [3.05, 3.63) is 23.9 Å². The molecule has 0 spiro atoms. The van der Waals surface area contributed by atoms with Crippen molar-refractivity contribution in [2.45, 2.75) is 25.2 Å². The van der Waals surface area contributed by atoms with E-state index in [0.717, 1.165) is 5.56 Å². The van der Waals surface area contributed by atoms with E-state index in [1.807, 2.05) is 19.9 Å². The van der Waals surface area contributed by atoms with E-state index in [-0.39, 0.29) is 0 Å². The van der Waals surface area contributed by atoms with E-state index in [0.29, 0.717) is 19.1 Å². The molecule has 0 radical (unpaired) electrons. The van der Waals surface area contributed by atoms with Crippen LogP contribution in [0.15, 0.2) is 18.3 Å². The Morgan fingerprint density at radius 3 is 2.41 bits per heavy atom. The van der Waals surface area contributed by atoms with Gasteiger partial charge >= 0.3 is 0 Å². The van der Waals surface area contributed by atoms with Gasteiger partial charge in [0.15, 0.2) is 5.79 Å². The minimum Gasteiger partial charge on any atom is -0.481 e. The van der Waals surface area contributed by atoms with Crippen molar-refractivity contribution in [1.29, 1.82) is 0 Å². The maximum absolute atomic E-state index is 6.26. The summed E-state index contributed by atoms with van der Waals surface area (Å²) in [5.41, 5.74) is 6.50. The van der Waals surface area contributed by atoms with E-state index < -0.39 is 11.3 Å². The molecular formula is C12H18N2O3. The molecule has 0 unspecified atom stereocenters. The van der Waals surface area contributed by atoms with Gasteiger partial charge in [0.05, 0.1) is 25.9 Å². The van der Waals surface area contributed by atoms with Crippen LogP contribution in [0.3, 0.4) is 0 Å². The molecule has 1 saturated heterocycles. The monoisotopic (exact) mass is 238 g/mol. The quantitative estimate of drug-likeness (QED) is 0.833. The van der Waals surface area contributed by atoms with Gasteiger partial charge in [0, 0.05) is 12.3 Å². The van der Waals surface area contributed by atoms with Gasteiger partial charge in [-0.05, 0) is 19.4 Å². The third kappa shape index (κ3) is 2.57. The van der Waals surface area contributed by atoms with Gasteiger partial charge in [-0.1, -0.05) is 6.07 Å². The van der Waals surface area contributed by atoms with Crippen LogP contribution < -0.4 is 10.5 Å². The average Bonchev–Trinajstić information content (AvgIpc) is 2.34. The number of nitrogens with zero attached hydrogens (tertiary/aromatic N) is 1. The molecular weight excluding hydrogens is 220 g/mol. The lowest BCUT2D eigenvalue weighted by Crippen LogP contribution is -2.54. The number of hydrogen-bond donors (Lipinski definition) is 1. The summed E-state index contributed by atoms with van der Waals surface area (Å²) < 4.78 is 16.2. The number of ether oxygens (including phenoxy) is 3. The fourth-order valence-corrected chi connectivity index (χ4v) is 1.65. The highest BCUT2D eigenvalue weighted by Crippen LogP contribution is 2.29. The first-order chi connectivity index (χ1) is 7.95. The van der Waals surface area contributed by atoms with Gasteiger partial charge in [-0.2, -0.15) is 0 Å². The first kappa shape index (κ1) is 12.3. The largest absolute Gasteiger partial charge is 0.481 e. The molecule has 1 aromatic heterocycles. The molecule has 1 aromatic rings. The molecule has 2 heterocycles. The Morgan fingerprint density at radius 1 is 1.29 bits per heavy atom. The molecule has 94 valence electrons. The highest BCUT2D eigenvalue weighted by atomic mass is 16.7. The fraction of sp³-hybridized carbons (Fsp3) is 0.583. The Labute approximate surface area is 101 Å². The molecule has 0 atom stereocenters. The van der Waals surface area contributed by atoms with E-state index in [4.69, 9.17) is 19.9 Å². The van der Waals surface area contributed by atoms with Crippen LogP contribution >= 0.6 is 0 Å². The minimum atomic E-state index is -0.644. The summed E-state index contributed by atoms with van der Waals surface area (Å²) in [6.45, 7) is 4.57. The summed E-state index contributed by atoms with van der Waals surface area (Å²) in [5, 5.41) is 0. The molecule has 5 heteroatoms. The van der Waals surface area contributed by atoms with E-state index in [2.05, 4.69) is 4.98 Å². The molecule has 1 aliphatic rings. The minimum absolute atomic E-state index is 0.411. The highest BCUT2D eigenvalue weighted by molar-refractivity contribution is 5.25. The average molecular weight is 238 g/mol. The molecule has 2 N–H and O–H groups in total. The van der Waals surface area contributed by atoms with E-state index in [9.17, 15) is 0 Å². The second-order valence-electron chi connectivity index (χ2n) is 4.72. The first-order valence-corrected chi connectivity index (χ1v) is 5.52. The number of methoxy groups -OCH3 is 1. The van der Waals surface area contributed by atoms with Crippen LogP contribution in [-0.4, -0.2) is 31.1 Å². The molecule has 17 heavy (non-hydrogen) atoms. The summed E-state index contributed by atoms with van der Waals surface area (Å²) in [6, 6.07) is 3.67. The predicted octanol–water partition coefficient (Wildman–Crippen LogP) is 1.03. The van der Waals surface area contributed by atoms with Crippen molar-refractivity contribution in [3.8, 4) is 5.88 Å². The van der Waals surface area contributed by atoms with E-state index in [1.54, 1.807) is 19.4 Å². The molecule has 1 aliphatic heterocycles. The zero-order chi connectivity index (χ0) is 12.5. The third-order valence-corrected chi connectivity index (χ3v) is 2.88. The maximum atomic E-state index is 6.26. The topological polar surface area (TPSA) is 66.6 Å². The zero-order valence-electron chi connectivity index (χ0n) is 10.4. The summed E-state index contributed by atoms with van der Waals surface area (Å²) in [7, 11) is 1.58. The summed E-state index contributed by atoms with van der Waals surface area (Å²) >= 11 is 0. The van der Waals surface area contributed by atoms with Gasteiger partial charge in [0.1, 0.15) is 0 Å². The fourth-order valence-electron chi connectivity index (χ4n) is 1.65. The van der Waals surface area contributed by atoms with Crippen molar-refractivity contribution in [1.82, 2.24) is 4.98 Å². The van der Waals surface area contributed by atoms with Crippen LogP contribution in [0.5, 0.6) is 5.88 Å². The number of nitrogens with two attached hydrogens (primary N) is 1. The van der Waals surface area contributed by atoms with Crippen LogP contribution in [-0.2, 0) is 15.0 Å². The lowest BCUT2D eigenvalue weighted by atomic mass is 9.93. The van der Waals surface area contributed by atoms with Gasteiger partial charge in [-0.15, -0.1) is 0 Å². The molecule has 5 nitrogen and oxygen atoms in total. The lowest BCUT2D eigenvalue weighted by Gasteiger charge is -2.41. The van der Waals surface area contributed by atoms with Crippen LogP contribution in [0.25, 0.3) is 0 Å². The van der Waals surface area contributed by atoms with Gasteiger partial charge in [0.25, 0.3) is 0 Å². The van der Waals surface area contributed by atoms with Crippen LogP contribution in [0.1, 0.15) is 19.4 Å². The normalized spacial score (nSPS) is 22.1. The zero-order valence-corrected chi connectivity index (χ0v) is 10.4. The van der Waals surface area contributed by atoms with E-state index in [1.165, 1.54) is 0 Å². The van der Waals surface area contributed by atoms with Crippen molar-refractivity contribution >= 4 is 0 Å². The van der Waals surface area contributed by atoms with Gasteiger partial charge in [-0.3, -0.25) is 0 Å². The summed E-state index contributed by atoms with van der Waals surface area (Å²) in [5.74, 6) is -0.00158. The van der Waals surface area contributed by atoms with E-state index >= 15 is 0 Å². The second-order valence-corrected chi connectivity index (χ2v) is 4.72. The number of hydrogen-bond acceptors (Lipinski definition) is 5. The summed E-state index contributed by atoms with van der Waals surface area (Å²) in [6.07, 6.45) is 1.70. The number of pyridine rings is 1. The molecule has 0 bridgehead atoms. The Hall–Kier alpha value is -1.17. The summed E-state index contributed by atoms with van der Waals surface area (Å²) in [4.78, 5) is 4.14. The highest BCUT2D eigenvalue weighted by Gasteiger charge is 2.38. The predicted molar refractivity (Wildman–Crippen MR) is 62.6 cm³/mol. The van der Waals surface area contributed by atoms with Crippen LogP contribution in [0, 0.1) is 0 Å². The molecule has 2 rings (SSSR count). The molecule has 0 aliphatic carbocycles. The number of rotatable bonds is 2. The van der Waals surface area contributed by atoms with Crippen molar-refractivity contribution < 1.29 is 14.2 Å². The molecule has 0 saturated carbocycles. The molecule has 1 fully saturated rings. The van der Waals surface area contributed by atoms with Gasteiger partial charge < -0.3 is 19.9 Å². The maximum Gasteiger partial charge on any atom is 0.212 e. The molecule has 0 amide bonds. The SMILES string of the molecule is COc1ccc(C2(N)COC(C)(C)OC2)cn1. The Morgan fingerprint density at radius 2 is 1.94 bits per heavy atom. The Balaban J connectivity index is 2.15. The third-order valence-electron chi connectivity index (χ3n) is 2.88. The van der Waals surface area contributed by atoms with Crippen molar-refractivity contribution in [2.75, 3.05) is 20.3 Å². The van der Waals surface area contributed by atoms with Crippen LogP contribution in [0.4, 0.5) is 0 Å². The van der Waals surface area contributed by atoms with Crippen LogP contribution in [0.2, 0.25) is 0 Å². The first-order valence-electron chi connectivity index (χ1n) is 5.52. The van der Waals surface area contributed by atoms with Crippen molar-refractivity contribution in [2.24, 2.45) is 5.73 Å². The van der Waals surface area contributed by atoms with Gasteiger partial charge in [-0.25, -0.2) is 4.98 Å². The van der Waals surface area contributed by atoms with Crippen molar-refractivity contribution in [3.63, 3.8) is 0 Å². The second kappa shape index (κ2) is 4.25. The standard InChI is InChI=1S/C12H18N2O3/c1-11(2)16-7-12(13,8-17-11)9-4-5-10(15-3)14-6-9/h4-6H,7-8,13H2,1-3H3. The smallest absolute Gasteiger partial charge is 0.212 e. The Kier molecular flexibility index (Phi) is 3.07. The molecule has 0 aromatic carbocycles. The van der Waals surface area contributed by atoms with Gasteiger partial charge in [0.2, 0.25) is 5.88 Å². The lowest BCUT2D eigenvalue weighted by molar-refractivity contribution is -0.268. The Bertz CT molecular complexity index is 379.